The van der Waals surface area contributed by atoms with Crippen molar-refractivity contribution < 1.29 is 17.7 Å². The lowest BCUT2D eigenvalue weighted by molar-refractivity contribution is 0.0919. The van der Waals surface area contributed by atoms with Gasteiger partial charge in [-0.1, -0.05) is 11.2 Å². The predicted molar refractivity (Wildman–Crippen MR) is 85.7 cm³/mol. The molecule has 0 unspecified atom stereocenters. The van der Waals surface area contributed by atoms with E-state index in [0.717, 1.165) is 0 Å². The van der Waals surface area contributed by atoms with Gasteiger partial charge in [-0.3, -0.25) is 9.52 Å². The second kappa shape index (κ2) is 6.04. The molecule has 0 bridgehead atoms. The Morgan fingerprint density at radius 1 is 1.22 bits per heavy atom. The number of aryl methyl sites for hydroxylation is 1. The highest BCUT2D eigenvalue weighted by Crippen LogP contribution is 2.17. The zero-order valence-electron chi connectivity index (χ0n) is 13.4. The largest absolute Gasteiger partial charge is 0.360 e. The molecule has 124 valence electrons. The number of carbonyl (C=O) groups excluding carboxylic acids is 1. The topological polar surface area (TPSA) is 101 Å². The van der Waals surface area contributed by atoms with E-state index in [4.69, 9.17) is 4.52 Å². The smallest absolute Gasteiger partial charge is 0.263 e. The van der Waals surface area contributed by atoms with E-state index in [1.807, 2.05) is 20.8 Å². The van der Waals surface area contributed by atoms with Crippen LogP contribution in [0.4, 0.5) is 5.82 Å². The first-order valence-corrected chi connectivity index (χ1v) is 8.44. The Morgan fingerprint density at radius 3 is 2.48 bits per heavy atom. The third-order valence-electron chi connectivity index (χ3n) is 2.76. The van der Waals surface area contributed by atoms with E-state index in [1.165, 1.54) is 24.3 Å². The molecule has 0 aliphatic heterocycles. The molecule has 0 aliphatic carbocycles. The molecule has 0 saturated heterocycles. The van der Waals surface area contributed by atoms with Gasteiger partial charge < -0.3 is 9.84 Å². The average molecular weight is 337 g/mol. The monoisotopic (exact) mass is 337 g/mol. The molecule has 1 aromatic heterocycles. The van der Waals surface area contributed by atoms with Crippen LogP contribution in [0.2, 0.25) is 0 Å². The van der Waals surface area contributed by atoms with Crippen LogP contribution in [0.1, 0.15) is 36.9 Å². The highest BCUT2D eigenvalue weighted by Gasteiger charge is 2.20. The van der Waals surface area contributed by atoms with Crippen LogP contribution in [-0.4, -0.2) is 25.0 Å². The van der Waals surface area contributed by atoms with E-state index in [0.29, 0.717) is 5.76 Å². The van der Waals surface area contributed by atoms with Gasteiger partial charge >= 0.3 is 0 Å². The van der Waals surface area contributed by atoms with Gasteiger partial charge in [0.1, 0.15) is 5.76 Å². The lowest BCUT2D eigenvalue weighted by atomic mass is 10.1. The van der Waals surface area contributed by atoms with Gasteiger partial charge in [-0.25, -0.2) is 8.42 Å². The van der Waals surface area contributed by atoms with Crippen molar-refractivity contribution in [3.8, 4) is 0 Å². The van der Waals surface area contributed by atoms with Crippen molar-refractivity contribution in [1.29, 1.82) is 0 Å². The van der Waals surface area contributed by atoms with Crippen LogP contribution >= 0.6 is 0 Å². The first kappa shape index (κ1) is 17.0. The minimum atomic E-state index is -3.85. The van der Waals surface area contributed by atoms with E-state index in [1.54, 1.807) is 13.0 Å². The van der Waals surface area contributed by atoms with E-state index >= 15 is 0 Å². The molecule has 8 heteroatoms. The molecule has 2 rings (SSSR count). The third-order valence-corrected chi connectivity index (χ3v) is 4.11. The number of benzene rings is 1. The molecule has 0 saturated carbocycles. The van der Waals surface area contributed by atoms with Crippen LogP contribution in [0.25, 0.3) is 0 Å². The number of rotatable bonds is 4. The summed E-state index contributed by atoms with van der Waals surface area (Å²) in [4.78, 5) is 12.1. The quantitative estimate of drug-likeness (QED) is 0.891. The summed E-state index contributed by atoms with van der Waals surface area (Å²) in [5.74, 6) is 0.236. The highest BCUT2D eigenvalue weighted by molar-refractivity contribution is 7.92. The molecule has 0 aliphatic rings. The molecule has 7 nitrogen and oxygen atoms in total. The average Bonchev–Trinajstić information content (AvgIpc) is 2.81. The number of hydrogen-bond acceptors (Lipinski definition) is 5. The second-order valence-corrected chi connectivity index (χ2v) is 7.84. The van der Waals surface area contributed by atoms with Crippen molar-refractivity contribution in [3.05, 3.63) is 41.7 Å². The third kappa shape index (κ3) is 4.56. The SMILES string of the molecule is Cc1cc(NS(=O)(=O)c2cccc(C(=O)NC(C)(C)C)c2)no1. The summed E-state index contributed by atoms with van der Waals surface area (Å²) in [5.41, 5.74) is -0.151. The predicted octanol–water partition coefficient (Wildman–Crippen LogP) is 2.31. The summed E-state index contributed by atoms with van der Waals surface area (Å²) in [6.07, 6.45) is 0. The standard InChI is InChI=1S/C15H19N3O4S/c1-10-8-13(17-22-10)18-23(20,21)12-7-5-6-11(9-12)14(19)16-15(2,3)4/h5-9H,1-4H3,(H,16,19)(H,17,18). The van der Waals surface area contributed by atoms with Crippen LogP contribution in [0.15, 0.2) is 39.8 Å². The molecule has 0 radical (unpaired) electrons. The Hall–Kier alpha value is -2.35. The maximum Gasteiger partial charge on any atom is 0.263 e. The zero-order chi connectivity index (χ0) is 17.3. The first-order valence-electron chi connectivity index (χ1n) is 6.95. The normalized spacial score (nSPS) is 12.0. The summed E-state index contributed by atoms with van der Waals surface area (Å²) in [5, 5.41) is 6.37. The van der Waals surface area contributed by atoms with Crippen molar-refractivity contribution in [2.75, 3.05) is 4.72 Å². The maximum absolute atomic E-state index is 12.3. The number of aromatic nitrogens is 1. The zero-order valence-corrected chi connectivity index (χ0v) is 14.2. The Morgan fingerprint density at radius 2 is 1.91 bits per heavy atom. The Kier molecular flexibility index (Phi) is 4.46. The Labute approximate surface area is 135 Å². The molecular weight excluding hydrogens is 318 g/mol. The van der Waals surface area contributed by atoms with Crippen LogP contribution in [0.3, 0.4) is 0 Å². The number of hydrogen-bond donors (Lipinski definition) is 2. The van der Waals surface area contributed by atoms with Gasteiger partial charge in [-0.05, 0) is 45.9 Å². The van der Waals surface area contributed by atoms with Gasteiger partial charge in [0.25, 0.3) is 15.9 Å². The maximum atomic E-state index is 12.3. The van der Waals surface area contributed by atoms with Crippen LogP contribution in [0, 0.1) is 6.92 Å². The molecule has 2 N–H and O–H groups in total. The van der Waals surface area contributed by atoms with Crippen LogP contribution in [0.5, 0.6) is 0 Å². The fraction of sp³-hybridized carbons (Fsp3) is 0.333. The van der Waals surface area contributed by atoms with Gasteiger partial charge in [0.2, 0.25) is 0 Å². The van der Waals surface area contributed by atoms with Crippen molar-refractivity contribution >= 4 is 21.7 Å². The summed E-state index contributed by atoms with van der Waals surface area (Å²) >= 11 is 0. The van der Waals surface area contributed by atoms with E-state index in [-0.39, 0.29) is 22.2 Å². The van der Waals surface area contributed by atoms with Gasteiger partial charge in [-0.2, -0.15) is 0 Å². The Bertz CT molecular complexity index is 819. The number of nitrogens with one attached hydrogen (secondary N) is 2. The molecule has 0 spiro atoms. The molecule has 23 heavy (non-hydrogen) atoms. The minimum Gasteiger partial charge on any atom is -0.360 e. The molecule has 2 aromatic rings. The lowest BCUT2D eigenvalue weighted by Gasteiger charge is -2.20. The van der Waals surface area contributed by atoms with E-state index < -0.39 is 15.6 Å². The van der Waals surface area contributed by atoms with Gasteiger partial charge in [0, 0.05) is 17.2 Å². The fourth-order valence-electron chi connectivity index (χ4n) is 1.83. The van der Waals surface area contributed by atoms with Gasteiger partial charge in [0.05, 0.1) is 4.90 Å². The summed E-state index contributed by atoms with van der Waals surface area (Å²) < 4.78 is 31.8. The molecule has 0 fully saturated rings. The van der Waals surface area contributed by atoms with E-state index in [9.17, 15) is 13.2 Å². The number of anilines is 1. The molecular formula is C15H19N3O4S. The summed E-state index contributed by atoms with van der Waals surface area (Å²) in [7, 11) is -3.85. The highest BCUT2D eigenvalue weighted by atomic mass is 32.2. The summed E-state index contributed by atoms with van der Waals surface area (Å²) in [6, 6.07) is 7.26. The molecule has 0 atom stereocenters. The fourth-order valence-corrected chi connectivity index (χ4v) is 2.86. The first-order chi connectivity index (χ1) is 10.6. The number of nitrogens with zero attached hydrogens (tertiary/aromatic N) is 1. The van der Waals surface area contributed by atoms with Gasteiger partial charge in [0.15, 0.2) is 5.82 Å². The van der Waals surface area contributed by atoms with E-state index in [2.05, 4.69) is 15.2 Å². The molecule has 1 aromatic carbocycles. The lowest BCUT2D eigenvalue weighted by Crippen LogP contribution is -2.40. The van der Waals surface area contributed by atoms with Crippen LogP contribution < -0.4 is 10.0 Å². The molecule has 1 amide bonds. The second-order valence-electron chi connectivity index (χ2n) is 6.16. The van der Waals surface area contributed by atoms with Crippen molar-refractivity contribution in [1.82, 2.24) is 10.5 Å². The van der Waals surface area contributed by atoms with Crippen molar-refractivity contribution in [3.63, 3.8) is 0 Å². The van der Waals surface area contributed by atoms with Gasteiger partial charge in [-0.15, -0.1) is 0 Å². The van der Waals surface area contributed by atoms with Crippen LogP contribution in [-0.2, 0) is 10.0 Å². The molecule has 1 heterocycles. The number of sulfonamides is 1. The minimum absolute atomic E-state index is 0.0280. The van der Waals surface area contributed by atoms with Crippen molar-refractivity contribution in [2.24, 2.45) is 0 Å². The Balaban J connectivity index is 2.26. The summed E-state index contributed by atoms with van der Waals surface area (Å²) in [6.45, 7) is 7.20. The number of carbonyl (C=O) groups is 1. The number of amides is 1. The van der Waals surface area contributed by atoms with Crippen molar-refractivity contribution in [2.45, 2.75) is 38.1 Å².